The van der Waals surface area contributed by atoms with Crippen LogP contribution in [0, 0.1) is 6.92 Å². The zero-order chi connectivity index (χ0) is 8.24. The van der Waals surface area contributed by atoms with Crippen LogP contribution in [0.3, 0.4) is 0 Å². The molecule has 0 heterocycles. The molecule has 0 aromatic heterocycles. The number of hydrogen-bond acceptors (Lipinski definition) is 1. The molecule has 0 bridgehead atoms. The molecule has 11 heavy (non-hydrogen) atoms. The Bertz CT molecular complexity index is 30.5. The minimum Gasteiger partial charge on any atom is -0.396 e. The van der Waals surface area contributed by atoms with Crippen molar-refractivity contribution in [3.05, 3.63) is 6.92 Å². The molecule has 0 saturated heterocycles. The third-order valence-corrected chi connectivity index (χ3v) is 1.12. The number of rotatable bonds is 4. The van der Waals surface area contributed by atoms with Crippen LogP contribution < -0.4 is 0 Å². The molecule has 0 saturated carbocycles. The quantitative estimate of drug-likeness (QED) is 0.589. The zero-order valence-corrected chi connectivity index (χ0v) is 10.0. The molecular weight excluding hydrogens is 217 g/mol. The Balaban J connectivity index is -0.000000107. The summed E-state index contributed by atoms with van der Waals surface area (Å²) in [6.45, 7) is 8.24. The van der Waals surface area contributed by atoms with Gasteiger partial charge in [-0.3, -0.25) is 0 Å². The number of aliphatic hydroxyl groups excluding tert-OH is 1. The number of hydrogen-bond donors (Lipinski definition) is 1. The van der Waals surface area contributed by atoms with E-state index in [1.54, 1.807) is 0 Å². The molecule has 69 valence electrons. The third-order valence-electron chi connectivity index (χ3n) is 1.12. The van der Waals surface area contributed by atoms with Crippen LogP contribution in [0.25, 0.3) is 0 Å². The van der Waals surface area contributed by atoms with Gasteiger partial charge in [-0.2, -0.15) is 6.42 Å². The van der Waals surface area contributed by atoms with Gasteiger partial charge in [0, 0.05) is 29.0 Å². The first-order valence-electron chi connectivity index (χ1n) is 4.23. The number of aliphatic hydroxyl groups is 1. The molecule has 2 heteroatoms. The van der Waals surface area contributed by atoms with E-state index in [-0.39, 0.29) is 22.4 Å². The maximum absolute atomic E-state index is 8.07. The molecule has 0 atom stereocenters. The van der Waals surface area contributed by atoms with Crippen LogP contribution in [0.4, 0.5) is 0 Å². The molecule has 0 aliphatic carbocycles. The summed E-state index contributed by atoms with van der Waals surface area (Å²) in [5.41, 5.74) is 0. The van der Waals surface area contributed by atoms with Gasteiger partial charge in [0.05, 0.1) is 0 Å². The Labute approximate surface area is 87.1 Å². The van der Waals surface area contributed by atoms with Crippen molar-refractivity contribution >= 4 is 0 Å². The molecule has 0 unspecified atom stereocenters. The fourth-order valence-corrected chi connectivity index (χ4v) is 0.408. The van der Waals surface area contributed by atoms with Gasteiger partial charge in [-0.25, -0.2) is 0 Å². The topological polar surface area (TPSA) is 20.2 Å². The molecule has 1 nitrogen and oxygen atoms in total. The summed E-state index contributed by atoms with van der Waals surface area (Å²) < 4.78 is 0. The molecule has 0 fully saturated rings. The van der Waals surface area contributed by atoms with E-state index in [1.807, 2.05) is 0 Å². The van der Waals surface area contributed by atoms with Crippen molar-refractivity contribution in [1.29, 1.82) is 0 Å². The molecule has 0 amide bonds. The van der Waals surface area contributed by atoms with Crippen LogP contribution in [-0.2, 0) is 22.4 Å². The van der Waals surface area contributed by atoms with E-state index in [9.17, 15) is 0 Å². The van der Waals surface area contributed by atoms with Crippen LogP contribution in [0.5, 0.6) is 0 Å². The second-order valence-electron chi connectivity index (χ2n) is 2.28. The Morgan fingerprint density at radius 3 is 1.55 bits per heavy atom. The summed E-state index contributed by atoms with van der Waals surface area (Å²) in [6, 6.07) is 0. The smallest absolute Gasteiger partial charge is 0.0430 e. The molecule has 1 N–H and O–H groups in total. The predicted octanol–water partition coefficient (Wildman–Crippen LogP) is 2.79. The van der Waals surface area contributed by atoms with Crippen molar-refractivity contribution < 1.29 is 27.5 Å². The molecule has 0 aromatic rings. The average molecular weight is 238 g/mol. The van der Waals surface area contributed by atoms with E-state index in [0.717, 1.165) is 19.3 Å². The van der Waals surface area contributed by atoms with Gasteiger partial charge in [0.25, 0.3) is 0 Å². The Morgan fingerprint density at radius 2 is 1.55 bits per heavy atom. The van der Waals surface area contributed by atoms with Crippen LogP contribution in [-0.4, -0.2) is 11.7 Å². The maximum atomic E-state index is 8.07. The van der Waals surface area contributed by atoms with Crippen LogP contribution in [0.2, 0.25) is 0 Å². The zero-order valence-electron chi connectivity index (χ0n) is 7.84. The molecule has 1 radical (unpaired) electrons. The first-order chi connectivity index (χ1) is 4.83. The largest absolute Gasteiger partial charge is 0.396 e. The second-order valence-corrected chi connectivity index (χ2v) is 2.28. The molecule has 0 aliphatic rings. The van der Waals surface area contributed by atoms with Crippen LogP contribution >= 0.6 is 0 Å². The summed E-state index contributed by atoms with van der Waals surface area (Å²) in [6.07, 6.45) is 5.69. The SMILES string of the molecule is CCCCO.[CH2-]CCCC.[Nb]. The van der Waals surface area contributed by atoms with E-state index in [2.05, 4.69) is 20.8 Å². The van der Waals surface area contributed by atoms with Gasteiger partial charge in [0.1, 0.15) is 0 Å². The van der Waals surface area contributed by atoms with Gasteiger partial charge < -0.3 is 12.0 Å². The number of unbranched alkanes of at least 4 members (excludes halogenated alkanes) is 3. The molecular formula is C9H21NbO-. The van der Waals surface area contributed by atoms with E-state index >= 15 is 0 Å². The summed E-state index contributed by atoms with van der Waals surface area (Å²) in [5, 5.41) is 8.07. The van der Waals surface area contributed by atoms with Gasteiger partial charge in [-0.05, 0) is 6.42 Å². The Hall–Kier alpha value is 0.700. The standard InChI is InChI=1S/C5H11.C4H10O.Nb/c1-3-5-4-2;1-2-3-4-5;/h1,3-5H2,2H3;5H,2-4H2,1H3;/q-1;;. The molecule has 0 aliphatic heterocycles. The third kappa shape index (κ3) is 36.7. The van der Waals surface area contributed by atoms with Gasteiger partial charge in [0.15, 0.2) is 0 Å². The van der Waals surface area contributed by atoms with Crippen molar-refractivity contribution in [1.82, 2.24) is 0 Å². The Morgan fingerprint density at radius 1 is 1.09 bits per heavy atom. The fourth-order valence-electron chi connectivity index (χ4n) is 0.408. The van der Waals surface area contributed by atoms with Gasteiger partial charge in [0.2, 0.25) is 0 Å². The van der Waals surface area contributed by atoms with Crippen molar-refractivity contribution in [2.75, 3.05) is 6.61 Å². The van der Waals surface area contributed by atoms with Crippen LogP contribution in [0.15, 0.2) is 0 Å². The van der Waals surface area contributed by atoms with Crippen LogP contribution in [0.1, 0.15) is 46.0 Å². The second kappa shape index (κ2) is 22.4. The van der Waals surface area contributed by atoms with Crippen molar-refractivity contribution in [3.63, 3.8) is 0 Å². The van der Waals surface area contributed by atoms with E-state index < -0.39 is 0 Å². The fraction of sp³-hybridized carbons (Fsp3) is 0.889. The molecule has 0 aromatic carbocycles. The van der Waals surface area contributed by atoms with Gasteiger partial charge in [-0.1, -0.05) is 33.1 Å². The Kier molecular flexibility index (Phi) is 36.1. The normalized spacial score (nSPS) is 7.64. The van der Waals surface area contributed by atoms with Crippen molar-refractivity contribution in [3.8, 4) is 0 Å². The van der Waals surface area contributed by atoms with E-state index in [0.29, 0.717) is 6.61 Å². The first-order valence-corrected chi connectivity index (χ1v) is 4.23. The summed E-state index contributed by atoms with van der Waals surface area (Å²) >= 11 is 0. The summed E-state index contributed by atoms with van der Waals surface area (Å²) in [5.74, 6) is 0. The van der Waals surface area contributed by atoms with E-state index in [4.69, 9.17) is 5.11 Å². The maximum Gasteiger partial charge on any atom is 0.0430 e. The predicted molar refractivity (Wildman–Crippen MR) is 46.9 cm³/mol. The first kappa shape index (κ1) is 17.7. The van der Waals surface area contributed by atoms with Gasteiger partial charge >= 0.3 is 0 Å². The van der Waals surface area contributed by atoms with Crippen molar-refractivity contribution in [2.45, 2.75) is 46.0 Å². The minimum absolute atomic E-state index is 0. The van der Waals surface area contributed by atoms with Gasteiger partial charge in [-0.15, -0.1) is 0 Å². The van der Waals surface area contributed by atoms with Crippen molar-refractivity contribution in [2.24, 2.45) is 0 Å². The summed E-state index contributed by atoms with van der Waals surface area (Å²) in [4.78, 5) is 0. The molecule has 0 rings (SSSR count). The average Bonchev–Trinajstić information content (AvgIpc) is 1.93. The van der Waals surface area contributed by atoms with E-state index in [1.165, 1.54) is 12.8 Å². The summed E-state index contributed by atoms with van der Waals surface area (Å²) in [7, 11) is 0. The monoisotopic (exact) mass is 238 g/mol. The minimum atomic E-state index is 0. The molecule has 0 spiro atoms.